The minimum Gasteiger partial charge on any atom is -0.321 e. The zero-order valence-corrected chi connectivity index (χ0v) is 19.2. The summed E-state index contributed by atoms with van der Waals surface area (Å²) in [5, 5.41) is 7.94. The molecule has 5 aromatic carbocycles. The first-order valence-electron chi connectivity index (χ1n) is 12.2. The molecule has 6 aromatic rings. The van der Waals surface area contributed by atoms with Gasteiger partial charge in [0.05, 0.1) is 0 Å². The zero-order valence-electron chi connectivity index (χ0n) is 19.2. The molecule has 166 valence electrons. The van der Waals surface area contributed by atoms with Crippen LogP contribution in [0, 0.1) is 0 Å². The predicted octanol–water partition coefficient (Wildman–Crippen LogP) is 6.52. The van der Waals surface area contributed by atoms with Crippen LogP contribution in [0.1, 0.15) is 12.8 Å². The van der Waals surface area contributed by atoms with Crippen molar-refractivity contribution >= 4 is 44.6 Å². The van der Waals surface area contributed by atoms with Crippen LogP contribution in [-0.2, 0) is 0 Å². The Balaban J connectivity index is 1.64. The van der Waals surface area contributed by atoms with E-state index in [-0.39, 0.29) is 5.56 Å². The molecule has 0 fully saturated rings. The number of fused-ring (bicyclic) bond motifs is 5. The third-order valence-corrected chi connectivity index (χ3v) is 7.24. The molecular formula is C33H23NO. The van der Waals surface area contributed by atoms with Gasteiger partial charge in [0, 0.05) is 16.3 Å². The third kappa shape index (κ3) is 3.07. The van der Waals surface area contributed by atoms with Crippen molar-refractivity contribution in [3.63, 3.8) is 0 Å². The Morgan fingerprint density at radius 3 is 1.77 bits per heavy atom. The van der Waals surface area contributed by atoms with Crippen molar-refractivity contribution in [1.29, 1.82) is 0 Å². The molecule has 35 heavy (non-hydrogen) atoms. The number of pyridine rings is 1. The molecule has 0 amide bonds. The fraction of sp³-hybridized carbons (Fsp3) is 0.0606. The fourth-order valence-corrected chi connectivity index (χ4v) is 5.72. The minimum atomic E-state index is -0.0428. The molecule has 0 spiro atoms. The summed E-state index contributed by atoms with van der Waals surface area (Å²) >= 11 is 0. The Kier molecular flexibility index (Phi) is 4.46. The molecular weight excluding hydrogens is 426 g/mol. The van der Waals surface area contributed by atoms with Gasteiger partial charge in [0.2, 0.25) is 0 Å². The van der Waals surface area contributed by atoms with Crippen LogP contribution in [0.25, 0.3) is 66.9 Å². The Labute approximate surface area is 202 Å². The van der Waals surface area contributed by atoms with E-state index in [9.17, 15) is 4.79 Å². The lowest BCUT2D eigenvalue weighted by Crippen LogP contribution is -2.31. The van der Waals surface area contributed by atoms with Gasteiger partial charge in [0.1, 0.15) is 0 Å². The highest BCUT2D eigenvalue weighted by Gasteiger charge is 2.16. The topological polar surface area (TPSA) is 32.9 Å². The first kappa shape index (κ1) is 20.0. The van der Waals surface area contributed by atoms with Crippen LogP contribution in [0.5, 0.6) is 0 Å². The highest BCUT2D eigenvalue weighted by molar-refractivity contribution is 6.10. The largest absolute Gasteiger partial charge is 0.321 e. The van der Waals surface area contributed by atoms with Gasteiger partial charge in [-0.25, -0.2) is 0 Å². The van der Waals surface area contributed by atoms with E-state index in [4.69, 9.17) is 0 Å². The summed E-state index contributed by atoms with van der Waals surface area (Å²) in [6.45, 7) is 0. The van der Waals surface area contributed by atoms with E-state index in [1.54, 1.807) is 0 Å². The zero-order chi connectivity index (χ0) is 23.4. The number of rotatable bonds is 2. The van der Waals surface area contributed by atoms with E-state index in [0.717, 1.165) is 34.5 Å². The molecule has 0 saturated heterocycles. The van der Waals surface area contributed by atoms with E-state index >= 15 is 0 Å². The van der Waals surface area contributed by atoms with Crippen molar-refractivity contribution in [2.45, 2.75) is 12.8 Å². The molecule has 0 unspecified atom stereocenters. The number of hydrogen-bond acceptors (Lipinski definition) is 1. The third-order valence-electron chi connectivity index (χ3n) is 7.24. The molecule has 0 aliphatic heterocycles. The van der Waals surface area contributed by atoms with Crippen LogP contribution >= 0.6 is 0 Å². The predicted molar refractivity (Wildman–Crippen MR) is 148 cm³/mol. The lowest BCUT2D eigenvalue weighted by atomic mass is 9.86. The minimum absolute atomic E-state index is 0.0428. The number of hydrogen-bond donors (Lipinski definition) is 1. The number of nitrogens with one attached hydrogen (secondary N) is 1. The average molecular weight is 450 g/mol. The van der Waals surface area contributed by atoms with Crippen molar-refractivity contribution in [3.05, 3.63) is 118 Å². The molecule has 1 N–H and O–H groups in total. The summed E-state index contributed by atoms with van der Waals surface area (Å²) in [6, 6.07) is 33.8. The maximum Gasteiger partial charge on any atom is 0.256 e. The van der Waals surface area contributed by atoms with Crippen LogP contribution in [0.4, 0.5) is 0 Å². The van der Waals surface area contributed by atoms with Crippen molar-refractivity contribution in [2.75, 3.05) is 0 Å². The van der Waals surface area contributed by atoms with Gasteiger partial charge in [0.15, 0.2) is 0 Å². The van der Waals surface area contributed by atoms with E-state index in [2.05, 4.69) is 89.9 Å². The maximum absolute atomic E-state index is 12.6. The summed E-state index contributed by atoms with van der Waals surface area (Å²) in [7, 11) is 0. The summed E-state index contributed by atoms with van der Waals surface area (Å²) < 4.78 is 0. The Morgan fingerprint density at radius 2 is 1.09 bits per heavy atom. The van der Waals surface area contributed by atoms with Gasteiger partial charge in [0.25, 0.3) is 5.56 Å². The molecule has 1 heterocycles. The fourth-order valence-electron chi connectivity index (χ4n) is 5.72. The van der Waals surface area contributed by atoms with Crippen molar-refractivity contribution in [3.8, 4) is 22.3 Å². The number of aromatic amines is 1. The van der Waals surface area contributed by atoms with Crippen molar-refractivity contribution in [1.82, 2.24) is 4.98 Å². The highest BCUT2D eigenvalue weighted by Crippen LogP contribution is 2.33. The summed E-state index contributed by atoms with van der Waals surface area (Å²) in [5.74, 6) is 0. The molecule has 0 atom stereocenters. The van der Waals surface area contributed by atoms with E-state index in [1.165, 1.54) is 43.5 Å². The van der Waals surface area contributed by atoms with Gasteiger partial charge in [-0.3, -0.25) is 4.79 Å². The van der Waals surface area contributed by atoms with E-state index in [0.29, 0.717) is 0 Å². The van der Waals surface area contributed by atoms with E-state index in [1.807, 2.05) is 24.3 Å². The molecule has 7 rings (SSSR count). The molecule has 0 saturated carbocycles. The van der Waals surface area contributed by atoms with Crippen LogP contribution in [0.2, 0.25) is 0 Å². The lowest BCUT2D eigenvalue weighted by Gasteiger charge is -2.18. The van der Waals surface area contributed by atoms with Gasteiger partial charge in [-0.1, -0.05) is 91.0 Å². The number of benzene rings is 5. The maximum atomic E-state index is 12.6. The van der Waals surface area contributed by atoms with Crippen LogP contribution in [-0.4, -0.2) is 4.98 Å². The molecule has 1 aliphatic carbocycles. The number of aromatic nitrogens is 1. The normalized spacial score (nSPS) is 12.9. The lowest BCUT2D eigenvalue weighted by molar-refractivity contribution is 1.12. The van der Waals surface area contributed by atoms with E-state index < -0.39 is 0 Å². The molecule has 1 aromatic heterocycles. The van der Waals surface area contributed by atoms with Gasteiger partial charge in [-0.2, -0.15) is 0 Å². The second kappa shape index (κ2) is 7.82. The quantitative estimate of drug-likeness (QED) is 0.300. The Morgan fingerprint density at radius 1 is 0.514 bits per heavy atom. The summed E-state index contributed by atoms with van der Waals surface area (Å²) in [6.07, 6.45) is 6.89. The number of H-pyrrole nitrogens is 1. The second-order valence-corrected chi connectivity index (χ2v) is 9.23. The smallest absolute Gasteiger partial charge is 0.256 e. The first-order valence-corrected chi connectivity index (χ1v) is 12.2. The van der Waals surface area contributed by atoms with Gasteiger partial charge in [-0.05, 0) is 79.9 Å². The second-order valence-electron chi connectivity index (χ2n) is 9.23. The monoisotopic (exact) mass is 449 g/mol. The van der Waals surface area contributed by atoms with Crippen molar-refractivity contribution < 1.29 is 0 Å². The first-order chi connectivity index (χ1) is 17.3. The van der Waals surface area contributed by atoms with Gasteiger partial charge < -0.3 is 4.98 Å². The standard InChI is InChI=1S/C33H23NO/c35-33-28-17-9-4-12-23(28)29-20-22(18-19-30(29)34-33)32-26-15-7-5-13-24(26)31(21-10-2-1-3-11-21)25-14-6-8-16-27(25)32/h1-5,7,9-20H,6,8H2,(H,34,35). The molecule has 1 aliphatic rings. The average Bonchev–Trinajstić information content (AvgIpc) is 2.92. The molecule has 0 radical (unpaired) electrons. The Bertz CT molecular complexity index is 1960. The van der Waals surface area contributed by atoms with Crippen LogP contribution in [0.15, 0.2) is 102 Å². The molecule has 0 bridgehead atoms. The van der Waals surface area contributed by atoms with Crippen molar-refractivity contribution in [2.24, 2.45) is 0 Å². The van der Waals surface area contributed by atoms with Crippen LogP contribution < -0.4 is 16.0 Å². The summed E-state index contributed by atoms with van der Waals surface area (Å²) in [5.41, 5.74) is 5.83. The Hall–Kier alpha value is -4.43. The SMILES string of the molecule is O=c1[nH]c2ccc(-c3c4c(c(-c5ccccc5)c5ccccc35)=CCCC=4)cc2c2ccccc12. The van der Waals surface area contributed by atoms with Crippen LogP contribution in [0.3, 0.4) is 0 Å². The molecule has 2 nitrogen and oxygen atoms in total. The molecule has 2 heteroatoms. The van der Waals surface area contributed by atoms with Gasteiger partial charge in [-0.15, -0.1) is 0 Å². The highest BCUT2D eigenvalue weighted by atomic mass is 16.1. The summed E-state index contributed by atoms with van der Waals surface area (Å²) in [4.78, 5) is 15.7. The van der Waals surface area contributed by atoms with Gasteiger partial charge >= 0.3 is 0 Å².